The third kappa shape index (κ3) is 3.23. The van der Waals surface area contributed by atoms with Gasteiger partial charge in [0.05, 0.1) is 18.5 Å². The lowest BCUT2D eigenvalue weighted by molar-refractivity contribution is -0.136. The van der Waals surface area contributed by atoms with E-state index in [9.17, 15) is 4.79 Å². The van der Waals surface area contributed by atoms with Crippen LogP contribution in [0.5, 0.6) is 0 Å². The lowest BCUT2D eigenvalue weighted by Crippen LogP contribution is -1.99. The number of esters is 1. The van der Waals surface area contributed by atoms with Crippen molar-refractivity contribution in [2.75, 3.05) is 6.61 Å². The van der Waals surface area contributed by atoms with Crippen molar-refractivity contribution in [1.82, 2.24) is 10.2 Å². The Labute approximate surface area is 82.3 Å². The van der Waals surface area contributed by atoms with Crippen molar-refractivity contribution in [3.05, 3.63) is 23.5 Å². The summed E-state index contributed by atoms with van der Waals surface area (Å²) in [7, 11) is 0. The van der Waals surface area contributed by atoms with Crippen LogP contribution in [0.4, 0.5) is 0 Å². The number of hydrogen-bond donors (Lipinski definition) is 0. The molecule has 1 rings (SSSR count). The highest BCUT2D eigenvalue weighted by Gasteiger charge is 1.93. The molecule has 0 N–H and O–H groups in total. The molecular weight excluding hydrogens is 180 g/mol. The van der Waals surface area contributed by atoms with Crippen molar-refractivity contribution in [3.8, 4) is 11.8 Å². The van der Waals surface area contributed by atoms with Gasteiger partial charge in [-0.25, -0.2) is 4.79 Å². The first kappa shape index (κ1) is 10.2. The summed E-state index contributed by atoms with van der Waals surface area (Å²) in [6, 6.07) is 1.75. The SMILES string of the molecule is CCOC(=O)C#Cc1cnnc(C)c1. The van der Waals surface area contributed by atoms with Gasteiger partial charge in [0.2, 0.25) is 0 Å². The molecule has 4 heteroatoms. The van der Waals surface area contributed by atoms with E-state index >= 15 is 0 Å². The van der Waals surface area contributed by atoms with E-state index < -0.39 is 5.97 Å². The average Bonchev–Trinajstić information content (AvgIpc) is 2.15. The van der Waals surface area contributed by atoms with Crippen molar-refractivity contribution >= 4 is 5.97 Å². The van der Waals surface area contributed by atoms with Crippen LogP contribution in [0.1, 0.15) is 18.2 Å². The van der Waals surface area contributed by atoms with Gasteiger partial charge in [-0.05, 0) is 19.9 Å². The van der Waals surface area contributed by atoms with E-state index in [4.69, 9.17) is 0 Å². The third-order valence-electron chi connectivity index (χ3n) is 1.36. The van der Waals surface area contributed by atoms with Crippen LogP contribution >= 0.6 is 0 Å². The molecule has 0 bridgehead atoms. The van der Waals surface area contributed by atoms with Crippen LogP contribution in [-0.4, -0.2) is 22.8 Å². The number of rotatable bonds is 1. The van der Waals surface area contributed by atoms with Gasteiger partial charge in [0.15, 0.2) is 0 Å². The zero-order chi connectivity index (χ0) is 10.4. The summed E-state index contributed by atoms with van der Waals surface area (Å²) in [4.78, 5) is 10.9. The van der Waals surface area contributed by atoms with Gasteiger partial charge in [0, 0.05) is 11.5 Å². The van der Waals surface area contributed by atoms with E-state index in [1.165, 1.54) is 6.20 Å². The second-order valence-electron chi connectivity index (χ2n) is 2.56. The number of carbonyl (C=O) groups is 1. The molecule has 0 aliphatic rings. The Morgan fingerprint density at radius 2 is 2.43 bits per heavy atom. The molecule has 72 valence electrons. The molecule has 0 spiro atoms. The molecule has 0 unspecified atom stereocenters. The minimum absolute atomic E-state index is 0.334. The Kier molecular flexibility index (Phi) is 3.62. The van der Waals surface area contributed by atoms with Crippen LogP contribution in [0.15, 0.2) is 12.3 Å². The number of aromatic nitrogens is 2. The third-order valence-corrected chi connectivity index (χ3v) is 1.36. The molecule has 0 saturated heterocycles. The van der Waals surface area contributed by atoms with Crippen LogP contribution in [0, 0.1) is 18.8 Å². The Bertz CT molecular complexity index is 391. The molecule has 1 heterocycles. The van der Waals surface area contributed by atoms with Crippen molar-refractivity contribution in [2.45, 2.75) is 13.8 Å². The Balaban J connectivity index is 2.72. The van der Waals surface area contributed by atoms with Crippen LogP contribution in [0.25, 0.3) is 0 Å². The van der Waals surface area contributed by atoms with Gasteiger partial charge in [0.1, 0.15) is 0 Å². The van der Waals surface area contributed by atoms with Crippen LogP contribution in [-0.2, 0) is 9.53 Å². The summed E-state index contributed by atoms with van der Waals surface area (Å²) >= 11 is 0. The number of ether oxygens (including phenoxy) is 1. The minimum atomic E-state index is -0.526. The molecule has 0 saturated carbocycles. The van der Waals surface area contributed by atoms with E-state index in [0.29, 0.717) is 12.2 Å². The molecule has 0 radical (unpaired) electrons. The Morgan fingerprint density at radius 1 is 1.64 bits per heavy atom. The molecule has 1 aromatic rings. The van der Waals surface area contributed by atoms with Gasteiger partial charge >= 0.3 is 5.97 Å². The molecule has 0 atom stereocenters. The van der Waals surface area contributed by atoms with Crippen LogP contribution in [0.3, 0.4) is 0 Å². The smallest absolute Gasteiger partial charge is 0.384 e. The largest absolute Gasteiger partial charge is 0.456 e. The first-order valence-electron chi connectivity index (χ1n) is 4.20. The number of hydrogen-bond acceptors (Lipinski definition) is 4. The van der Waals surface area contributed by atoms with Crippen molar-refractivity contribution in [2.24, 2.45) is 0 Å². The fraction of sp³-hybridized carbons (Fsp3) is 0.300. The Morgan fingerprint density at radius 3 is 3.07 bits per heavy atom. The summed E-state index contributed by atoms with van der Waals surface area (Å²) in [6.07, 6.45) is 1.50. The monoisotopic (exact) mass is 190 g/mol. The lowest BCUT2D eigenvalue weighted by atomic mass is 10.3. The highest BCUT2D eigenvalue weighted by atomic mass is 16.5. The van der Waals surface area contributed by atoms with E-state index in [0.717, 1.165) is 5.69 Å². The summed E-state index contributed by atoms with van der Waals surface area (Å²) in [6.45, 7) is 3.88. The minimum Gasteiger partial charge on any atom is -0.456 e. The molecule has 0 aliphatic carbocycles. The second-order valence-corrected chi connectivity index (χ2v) is 2.56. The van der Waals surface area contributed by atoms with Crippen LogP contribution in [0.2, 0.25) is 0 Å². The number of carbonyl (C=O) groups excluding carboxylic acids is 1. The summed E-state index contributed by atoms with van der Waals surface area (Å²) in [5, 5.41) is 7.47. The van der Waals surface area contributed by atoms with Crippen molar-refractivity contribution in [3.63, 3.8) is 0 Å². The van der Waals surface area contributed by atoms with Gasteiger partial charge in [-0.15, -0.1) is 0 Å². The van der Waals surface area contributed by atoms with Gasteiger partial charge in [-0.1, -0.05) is 5.92 Å². The molecule has 0 aromatic carbocycles. The maximum Gasteiger partial charge on any atom is 0.384 e. The predicted molar refractivity (Wildman–Crippen MR) is 50.3 cm³/mol. The van der Waals surface area contributed by atoms with Gasteiger partial charge in [0.25, 0.3) is 0 Å². The standard InChI is InChI=1S/C10H10N2O2/c1-3-14-10(13)5-4-9-6-8(2)12-11-7-9/h6-7H,3H2,1-2H3. The van der Waals surface area contributed by atoms with E-state index in [-0.39, 0.29) is 0 Å². The van der Waals surface area contributed by atoms with Gasteiger partial charge in [-0.3, -0.25) is 0 Å². The zero-order valence-electron chi connectivity index (χ0n) is 8.07. The fourth-order valence-corrected chi connectivity index (χ4v) is 0.832. The molecule has 14 heavy (non-hydrogen) atoms. The average molecular weight is 190 g/mol. The molecule has 0 fully saturated rings. The molecule has 4 nitrogen and oxygen atoms in total. The lowest BCUT2D eigenvalue weighted by Gasteiger charge is -1.92. The van der Waals surface area contributed by atoms with Crippen molar-refractivity contribution in [1.29, 1.82) is 0 Å². The summed E-state index contributed by atoms with van der Waals surface area (Å²) in [5.41, 5.74) is 1.42. The van der Waals surface area contributed by atoms with Gasteiger partial charge < -0.3 is 4.74 Å². The van der Waals surface area contributed by atoms with E-state index in [1.807, 2.05) is 6.92 Å². The van der Waals surface area contributed by atoms with Crippen LogP contribution < -0.4 is 0 Å². The maximum atomic E-state index is 10.9. The molecule has 0 amide bonds. The molecular formula is C10H10N2O2. The normalized spacial score (nSPS) is 8.71. The maximum absolute atomic E-state index is 10.9. The predicted octanol–water partition coefficient (Wildman–Crippen LogP) is 0.700. The highest BCUT2D eigenvalue weighted by Crippen LogP contribution is 1.95. The zero-order valence-corrected chi connectivity index (χ0v) is 8.07. The summed E-state index contributed by atoms with van der Waals surface area (Å²) in [5.74, 6) is 4.47. The van der Waals surface area contributed by atoms with E-state index in [2.05, 4.69) is 26.8 Å². The topological polar surface area (TPSA) is 52.1 Å². The molecule has 1 aromatic heterocycles. The highest BCUT2D eigenvalue weighted by molar-refractivity contribution is 5.89. The quantitative estimate of drug-likeness (QED) is 0.483. The van der Waals surface area contributed by atoms with Crippen molar-refractivity contribution < 1.29 is 9.53 Å². The number of nitrogens with zero attached hydrogens (tertiary/aromatic N) is 2. The first-order valence-corrected chi connectivity index (χ1v) is 4.20. The van der Waals surface area contributed by atoms with E-state index in [1.54, 1.807) is 13.0 Å². The molecule has 0 aliphatic heterocycles. The first-order chi connectivity index (χ1) is 6.72. The van der Waals surface area contributed by atoms with Gasteiger partial charge in [-0.2, -0.15) is 10.2 Å². The fourth-order valence-electron chi connectivity index (χ4n) is 0.832. The second kappa shape index (κ2) is 4.97. The Hall–Kier alpha value is -1.89. The number of aryl methyl sites for hydroxylation is 1. The summed E-state index contributed by atoms with van der Waals surface area (Å²) < 4.78 is 4.65.